The summed E-state index contributed by atoms with van der Waals surface area (Å²) in [5.74, 6) is 0.156. The topological polar surface area (TPSA) is 58.6 Å². The second-order valence-electron chi connectivity index (χ2n) is 9.08. The molecule has 34 heavy (non-hydrogen) atoms. The first-order valence-electron chi connectivity index (χ1n) is 11.7. The molecule has 0 aromatic heterocycles. The monoisotopic (exact) mass is 458 g/mol. The number of benzene rings is 3. The highest BCUT2D eigenvalue weighted by molar-refractivity contribution is 5.91. The molecule has 174 valence electrons. The highest BCUT2D eigenvalue weighted by Gasteiger charge is 2.39. The molecule has 1 unspecified atom stereocenters. The fourth-order valence-electron chi connectivity index (χ4n) is 4.50. The van der Waals surface area contributed by atoms with Crippen molar-refractivity contribution in [2.45, 2.75) is 32.2 Å². The van der Waals surface area contributed by atoms with Crippen LogP contribution in [0.3, 0.4) is 0 Å². The van der Waals surface area contributed by atoms with Crippen LogP contribution in [0.5, 0.6) is 5.75 Å². The van der Waals surface area contributed by atoms with Crippen LogP contribution in [-0.4, -0.2) is 29.9 Å². The average molecular weight is 459 g/mol. The summed E-state index contributed by atoms with van der Waals surface area (Å²) >= 11 is 0. The number of hydrogen-bond acceptors (Lipinski definition) is 3. The van der Waals surface area contributed by atoms with Crippen molar-refractivity contribution in [1.82, 2.24) is 4.90 Å². The van der Waals surface area contributed by atoms with Crippen molar-refractivity contribution in [3.8, 4) is 5.75 Å². The van der Waals surface area contributed by atoms with Gasteiger partial charge in [0.05, 0.1) is 6.04 Å². The Morgan fingerprint density at radius 3 is 2.59 bits per heavy atom. The molecule has 1 N–H and O–H groups in total. The van der Waals surface area contributed by atoms with E-state index in [1.165, 1.54) is 12.1 Å². The van der Waals surface area contributed by atoms with Gasteiger partial charge in [-0.1, -0.05) is 35.9 Å². The Hall–Kier alpha value is -3.67. The zero-order chi connectivity index (χ0) is 23.7. The minimum absolute atomic E-state index is 0.0718. The van der Waals surface area contributed by atoms with Crippen molar-refractivity contribution < 1.29 is 18.7 Å². The number of ether oxygens (including phenoxy) is 1. The molecule has 1 heterocycles. The molecule has 1 fully saturated rings. The van der Waals surface area contributed by atoms with Gasteiger partial charge in [-0.05, 0) is 79.3 Å². The lowest BCUT2D eigenvalue weighted by atomic mass is 9.87. The van der Waals surface area contributed by atoms with Gasteiger partial charge in [0.15, 0.2) is 6.61 Å². The zero-order valence-corrected chi connectivity index (χ0v) is 19.1. The molecule has 1 atom stereocenters. The van der Waals surface area contributed by atoms with Crippen molar-refractivity contribution in [2.24, 2.45) is 5.92 Å². The third kappa shape index (κ3) is 4.81. The van der Waals surface area contributed by atoms with Crippen LogP contribution in [0, 0.1) is 18.7 Å². The van der Waals surface area contributed by atoms with Gasteiger partial charge in [0.1, 0.15) is 11.6 Å². The van der Waals surface area contributed by atoms with E-state index < -0.39 is 0 Å². The number of rotatable bonds is 6. The summed E-state index contributed by atoms with van der Waals surface area (Å²) in [5, 5.41) is 2.83. The number of anilines is 1. The number of aryl methyl sites for hydroxylation is 1. The number of amides is 2. The van der Waals surface area contributed by atoms with Crippen molar-refractivity contribution in [3.63, 3.8) is 0 Å². The lowest BCUT2D eigenvalue weighted by molar-refractivity contribution is -0.134. The minimum Gasteiger partial charge on any atom is -0.484 e. The molecule has 2 amide bonds. The Bertz CT molecular complexity index is 1220. The van der Waals surface area contributed by atoms with Crippen LogP contribution >= 0.6 is 0 Å². The smallest absolute Gasteiger partial charge is 0.262 e. The molecular weight excluding hydrogens is 431 g/mol. The quantitative estimate of drug-likeness (QED) is 0.563. The number of carbonyl (C=O) groups is 2. The van der Waals surface area contributed by atoms with E-state index in [0.717, 1.165) is 41.5 Å². The molecule has 1 aliphatic carbocycles. The third-order valence-electron chi connectivity index (χ3n) is 6.42. The van der Waals surface area contributed by atoms with Crippen molar-refractivity contribution in [3.05, 3.63) is 94.8 Å². The van der Waals surface area contributed by atoms with Gasteiger partial charge < -0.3 is 15.0 Å². The number of fused-ring (bicyclic) bond motifs is 1. The van der Waals surface area contributed by atoms with E-state index in [-0.39, 0.29) is 36.2 Å². The number of nitrogens with one attached hydrogen (secondary N) is 1. The Morgan fingerprint density at radius 1 is 1.06 bits per heavy atom. The molecule has 1 aliphatic heterocycles. The standard InChI is InChI=1S/C28H27FN2O3/c1-18-5-10-23(11-6-18)30-26(32)17-34-24-12-9-19-13-14-31(28(33)20-7-8-20)27(25(19)16-24)21-3-2-4-22(29)15-21/h2-6,9-12,15-16,20,27H,7-8,13-14,17H2,1H3,(H,30,32). The maximum Gasteiger partial charge on any atom is 0.262 e. The van der Waals surface area contributed by atoms with Crippen LogP contribution in [0.4, 0.5) is 10.1 Å². The van der Waals surface area contributed by atoms with E-state index >= 15 is 0 Å². The van der Waals surface area contributed by atoms with E-state index in [9.17, 15) is 14.0 Å². The molecule has 3 aromatic rings. The predicted molar refractivity (Wildman–Crippen MR) is 128 cm³/mol. The van der Waals surface area contributed by atoms with Gasteiger partial charge in [0.25, 0.3) is 5.91 Å². The number of hydrogen-bond donors (Lipinski definition) is 1. The summed E-state index contributed by atoms with van der Waals surface area (Å²) in [6.45, 7) is 2.45. The summed E-state index contributed by atoms with van der Waals surface area (Å²) < 4.78 is 19.9. The van der Waals surface area contributed by atoms with Crippen molar-refractivity contribution in [1.29, 1.82) is 0 Å². The normalized spacial score (nSPS) is 17.1. The number of halogens is 1. The van der Waals surface area contributed by atoms with Gasteiger partial charge in [-0.2, -0.15) is 0 Å². The lowest BCUT2D eigenvalue weighted by Gasteiger charge is -2.38. The van der Waals surface area contributed by atoms with Crippen LogP contribution in [0.25, 0.3) is 0 Å². The number of nitrogens with zero attached hydrogens (tertiary/aromatic N) is 1. The molecule has 0 radical (unpaired) electrons. The SMILES string of the molecule is Cc1ccc(NC(=O)COc2ccc3c(c2)C(c2cccc(F)c2)N(C(=O)C2CC2)CC3)cc1. The van der Waals surface area contributed by atoms with Gasteiger partial charge in [-0.25, -0.2) is 4.39 Å². The Kier molecular flexibility index (Phi) is 6.05. The Morgan fingerprint density at radius 2 is 1.85 bits per heavy atom. The van der Waals surface area contributed by atoms with Gasteiger partial charge in [-0.15, -0.1) is 0 Å². The van der Waals surface area contributed by atoms with Crippen LogP contribution in [-0.2, 0) is 16.0 Å². The van der Waals surface area contributed by atoms with Crippen LogP contribution in [0.1, 0.15) is 41.1 Å². The fourth-order valence-corrected chi connectivity index (χ4v) is 4.50. The van der Waals surface area contributed by atoms with Crippen LogP contribution < -0.4 is 10.1 Å². The molecule has 5 rings (SSSR count). The van der Waals surface area contributed by atoms with Crippen molar-refractivity contribution in [2.75, 3.05) is 18.5 Å². The molecular formula is C28H27FN2O3. The summed E-state index contributed by atoms with van der Waals surface area (Å²) in [6, 6.07) is 19.3. The first kappa shape index (κ1) is 22.1. The van der Waals surface area contributed by atoms with Gasteiger partial charge in [0.2, 0.25) is 5.91 Å². The second-order valence-corrected chi connectivity index (χ2v) is 9.08. The van der Waals surface area contributed by atoms with E-state index in [1.54, 1.807) is 6.07 Å². The van der Waals surface area contributed by atoms with Gasteiger partial charge in [0, 0.05) is 18.2 Å². The molecule has 5 nitrogen and oxygen atoms in total. The highest BCUT2D eigenvalue weighted by Crippen LogP contribution is 2.41. The number of carbonyl (C=O) groups excluding carboxylic acids is 2. The second kappa shape index (κ2) is 9.29. The first-order chi connectivity index (χ1) is 16.5. The van der Waals surface area contributed by atoms with E-state index in [0.29, 0.717) is 18.0 Å². The average Bonchev–Trinajstić information content (AvgIpc) is 3.68. The van der Waals surface area contributed by atoms with Crippen molar-refractivity contribution >= 4 is 17.5 Å². The van der Waals surface area contributed by atoms with Crippen LogP contribution in [0.15, 0.2) is 66.7 Å². The van der Waals surface area contributed by atoms with E-state index in [1.807, 2.05) is 60.4 Å². The maximum absolute atomic E-state index is 14.1. The maximum atomic E-state index is 14.1. The van der Waals surface area contributed by atoms with E-state index in [4.69, 9.17) is 4.74 Å². The molecule has 3 aromatic carbocycles. The lowest BCUT2D eigenvalue weighted by Crippen LogP contribution is -2.41. The van der Waals surface area contributed by atoms with E-state index in [2.05, 4.69) is 5.32 Å². The van der Waals surface area contributed by atoms with Crippen LogP contribution in [0.2, 0.25) is 0 Å². The van der Waals surface area contributed by atoms with Gasteiger partial charge in [-0.3, -0.25) is 9.59 Å². The predicted octanol–water partition coefficient (Wildman–Crippen LogP) is 5.04. The Balaban J connectivity index is 1.37. The fraction of sp³-hybridized carbons (Fsp3) is 0.286. The summed E-state index contributed by atoms with van der Waals surface area (Å²) in [7, 11) is 0. The molecule has 0 bridgehead atoms. The third-order valence-corrected chi connectivity index (χ3v) is 6.42. The molecule has 0 spiro atoms. The Labute approximate surface area is 198 Å². The summed E-state index contributed by atoms with van der Waals surface area (Å²) in [5.41, 5.74) is 4.59. The molecule has 2 aliphatic rings. The summed E-state index contributed by atoms with van der Waals surface area (Å²) in [6.07, 6.45) is 2.56. The minimum atomic E-state index is -0.377. The molecule has 1 saturated carbocycles. The molecule has 0 saturated heterocycles. The summed E-state index contributed by atoms with van der Waals surface area (Å²) in [4.78, 5) is 27.3. The zero-order valence-electron chi connectivity index (χ0n) is 19.1. The first-order valence-corrected chi connectivity index (χ1v) is 11.7. The molecule has 6 heteroatoms. The largest absolute Gasteiger partial charge is 0.484 e. The highest BCUT2D eigenvalue weighted by atomic mass is 19.1. The van der Waals surface area contributed by atoms with Gasteiger partial charge >= 0.3 is 0 Å².